The summed E-state index contributed by atoms with van der Waals surface area (Å²) in [7, 11) is 0. The van der Waals surface area contributed by atoms with Crippen LogP contribution in [0.5, 0.6) is 0 Å². The fourth-order valence-electron chi connectivity index (χ4n) is 4.02. The highest BCUT2D eigenvalue weighted by Crippen LogP contribution is 2.38. The van der Waals surface area contributed by atoms with Crippen molar-refractivity contribution in [2.45, 2.75) is 64.4 Å². The van der Waals surface area contributed by atoms with E-state index in [-0.39, 0.29) is 5.92 Å². The van der Waals surface area contributed by atoms with Gasteiger partial charge in [0.25, 0.3) is 0 Å². The van der Waals surface area contributed by atoms with Gasteiger partial charge in [0.2, 0.25) is 0 Å². The van der Waals surface area contributed by atoms with Crippen LogP contribution in [-0.4, -0.2) is 12.7 Å². The van der Waals surface area contributed by atoms with Crippen molar-refractivity contribution < 1.29 is 13.5 Å². The molecule has 122 valence electrons. The molecule has 3 rings (SSSR count). The summed E-state index contributed by atoms with van der Waals surface area (Å²) in [6.45, 7) is 4.44. The molecule has 1 aromatic carbocycles. The Morgan fingerprint density at radius 1 is 0.955 bits per heavy atom. The Kier molecular flexibility index (Phi) is 4.82. The standard InChI is InChI=1S/C19H26F2O/c1-12-3-6-14(7-4-12)17-10-8-15(11-22-17)16-9-5-13(2)18(20)19(16)21/h5,9,12,14-15,17H,3-4,6-8,10-11H2,1-2H3. The molecule has 1 heterocycles. The molecule has 22 heavy (non-hydrogen) atoms. The van der Waals surface area contributed by atoms with Gasteiger partial charge in [-0.05, 0) is 55.6 Å². The third-order valence-electron chi connectivity index (χ3n) is 5.64. The Hall–Kier alpha value is -0.960. The first-order valence-corrected chi connectivity index (χ1v) is 8.62. The Bertz CT molecular complexity index is 512. The molecule has 0 bridgehead atoms. The average molecular weight is 308 g/mol. The van der Waals surface area contributed by atoms with Crippen molar-refractivity contribution >= 4 is 0 Å². The summed E-state index contributed by atoms with van der Waals surface area (Å²) in [6, 6.07) is 3.40. The molecule has 2 fully saturated rings. The van der Waals surface area contributed by atoms with Crippen molar-refractivity contribution in [1.82, 2.24) is 0 Å². The van der Waals surface area contributed by atoms with Crippen LogP contribution in [0.3, 0.4) is 0 Å². The molecule has 0 amide bonds. The molecule has 1 saturated heterocycles. The van der Waals surface area contributed by atoms with E-state index in [1.807, 2.05) is 0 Å². The second-order valence-corrected chi connectivity index (χ2v) is 7.27. The van der Waals surface area contributed by atoms with Crippen molar-refractivity contribution in [3.05, 3.63) is 34.9 Å². The number of ether oxygens (including phenoxy) is 1. The third-order valence-corrected chi connectivity index (χ3v) is 5.64. The lowest BCUT2D eigenvalue weighted by Gasteiger charge is -2.37. The highest BCUT2D eigenvalue weighted by Gasteiger charge is 2.32. The lowest BCUT2D eigenvalue weighted by Crippen LogP contribution is -2.33. The van der Waals surface area contributed by atoms with Gasteiger partial charge in [0.1, 0.15) is 0 Å². The molecule has 3 heteroatoms. The number of hydrogen-bond acceptors (Lipinski definition) is 1. The third kappa shape index (κ3) is 3.19. The highest BCUT2D eigenvalue weighted by atomic mass is 19.2. The molecular formula is C19H26F2O. The van der Waals surface area contributed by atoms with E-state index in [1.165, 1.54) is 25.7 Å². The Balaban J connectivity index is 1.61. The smallest absolute Gasteiger partial charge is 0.162 e. The number of hydrogen-bond donors (Lipinski definition) is 0. The second-order valence-electron chi connectivity index (χ2n) is 7.27. The van der Waals surface area contributed by atoms with Crippen LogP contribution in [0.15, 0.2) is 12.1 Å². The van der Waals surface area contributed by atoms with Gasteiger partial charge in [0.15, 0.2) is 11.6 Å². The Labute approximate surface area is 132 Å². The minimum atomic E-state index is -0.708. The summed E-state index contributed by atoms with van der Waals surface area (Å²) in [5.41, 5.74) is 0.853. The van der Waals surface area contributed by atoms with Crippen molar-refractivity contribution in [3.63, 3.8) is 0 Å². The van der Waals surface area contributed by atoms with Gasteiger partial charge in [-0.1, -0.05) is 31.9 Å². The van der Waals surface area contributed by atoms with E-state index in [0.717, 1.165) is 18.8 Å². The number of halogens is 2. The van der Waals surface area contributed by atoms with Gasteiger partial charge in [-0.25, -0.2) is 8.78 Å². The summed E-state index contributed by atoms with van der Waals surface area (Å²) in [5, 5.41) is 0. The quantitative estimate of drug-likeness (QED) is 0.714. The van der Waals surface area contributed by atoms with Crippen LogP contribution in [0.25, 0.3) is 0 Å². The van der Waals surface area contributed by atoms with Crippen LogP contribution >= 0.6 is 0 Å². The van der Waals surface area contributed by atoms with E-state index in [2.05, 4.69) is 6.92 Å². The van der Waals surface area contributed by atoms with E-state index < -0.39 is 11.6 Å². The first-order chi connectivity index (χ1) is 10.6. The van der Waals surface area contributed by atoms with Gasteiger partial charge >= 0.3 is 0 Å². The molecule has 2 aliphatic rings. The van der Waals surface area contributed by atoms with E-state index >= 15 is 0 Å². The zero-order valence-corrected chi connectivity index (χ0v) is 13.6. The largest absolute Gasteiger partial charge is 0.377 e. The first-order valence-electron chi connectivity index (χ1n) is 8.62. The summed E-state index contributed by atoms with van der Waals surface area (Å²) in [4.78, 5) is 0. The predicted molar refractivity (Wildman–Crippen MR) is 83.9 cm³/mol. The highest BCUT2D eigenvalue weighted by molar-refractivity contribution is 5.28. The predicted octanol–water partition coefficient (Wildman–Crippen LogP) is 5.36. The summed E-state index contributed by atoms with van der Waals surface area (Å²) in [5.74, 6) is 0.113. The minimum Gasteiger partial charge on any atom is -0.377 e. The lowest BCUT2D eigenvalue weighted by atomic mass is 9.77. The van der Waals surface area contributed by atoms with Crippen LogP contribution in [-0.2, 0) is 4.74 Å². The number of benzene rings is 1. The maximum Gasteiger partial charge on any atom is 0.162 e. The van der Waals surface area contributed by atoms with Crippen LogP contribution in [0.1, 0.15) is 62.5 Å². The van der Waals surface area contributed by atoms with Crippen LogP contribution in [0.2, 0.25) is 0 Å². The molecule has 0 radical (unpaired) electrons. The summed E-state index contributed by atoms with van der Waals surface area (Å²) in [6.07, 6.45) is 7.29. The van der Waals surface area contributed by atoms with Gasteiger partial charge in [-0.15, -0.1) is 0 Å². The van der Waals surface area contributed by atoms with Crippen molar-refractivity contribution in [2.24, 2.45) is 11.8 Å². The van der Waals surface area contributed by atoms with Crippen molar-refractivity contribution in [3.8, 4) is 0 Å². The Morgan fingerprint density at radius 2 is 1.68 bits per heavy atom. The molecule has 0 spiro atoms. The molecule has 1 nitrogen and oxygen atoms in total. The van der Waals surface area contributed by atoms with Crippen molar-refractivity contribution in [1.29, 1.82) is 0 Å². The fourth-order valence-corrected chi connectivity index (χ4v) is 4.02. The lowest BCUT2D eigenvalue weighted by molar-refractivity contribution is -0.0432. The first kappa shape index (κ1) is 15.9. The van der Waals surface area contributed by atoms with Crippen LogP contribution in [0, 0.1) is 30.4 Å². The van der Waals surface area contributed by atoms with Crippen LogP contribution < -0.4 is 0 Å². The molecular weight excluding hydrogens is 282 g/mol. The average Bonchev–Trinajstić information content (AvgIpc) is 2.54. The van der Waals surface area contributed by atoms with Gasteiger partial charge < -0.3 is 4.74 Å². The molecule has 0 aromatic heterocycles. The molecule has 2 atom stereocenters. The normalized spacial score (nSPS) is 32.9. The van der Waals surface area contributed by atoms with E-state index in [1.54, 1.807) is 19.1 Å². The van der Waals surface area contributed by atoms with Gasteiger partial charge in [0, 0.05) is 5.92 Å². The monoisotopic (exact) mass is 308 g/mol. The zero-order valence-electron chi connectivity index (χ0n) is 13.6. The van der Waals surface area contributed by atoms with Gasteiger partial charge in [-0.2, -0.15) is 0 Å². The fraction of sp³-hybridized carbons (Fsp3) is 0.684. The SMILES string of the molecule is Cc1ccc(C2CCC(C3CCC(C)CC3)OC2)c(F)c1F. The minimum absolute atomic E-state index is 0.00568. The molecule has 1 aliphatic carbocycles. The topological polar surface area (TPSA) is 9.23 Å². The molecule has 1 saturated carbocycles. The van der Waals surface area contributed by atoms with Crippen molar-refractivity contribution in [2.75, 3.05) is 6.61 Å². The van der Waals surface area contributed by atoms with Crippen LogP contribution in [0.4, 0.5) is 8.78 Å². The molecule has 1 aliphatic heterocycles. The number of rotatable bonds is 2. The summed E-state index contributed by atoms with van der Waals surface area (Å²) < 4.78 is 33.9. The van der Waals surface area contributed by atoms with E-state index in [4.69, 9.17) is 4.74 Å². The zero-order chi connectivity index (χ0) is 15.7. The molecule has 2 unspecified atom stereocenters. The maximum atomic E-state index is 14.1. The molecule has 0 N–H and O–H groups in total. The second kappa shape index (κ2) is 6.66. The Morgan fingerprint density at radius 3 is 2.32 bits per heavy atom. The van der Waals surface area contributed by atoms with Gasteiger partial charge in [-0.3, -0.25) is 0 Å². The van der Waals surface area contributed by atoms with E-state index in [0.29, 0.717) is 29.8 Å². The number of aryl methyl sites for hydroxylation is 1. The molecule has 1 aromatic rings. The van der Waals surface area contributed by atoms with E-state index in [9.17, 15) is 8.78 Å². The summed E-state index contributed by atoms with van der Waals surface area (Å²) >= 11 is 0. The maximum absolute atomic E-state index is 14.1. The van der Waals surface area contributed by atoms with Gasteiger partial charge in [0.05, 0.1) is 12.7 Å².